The summed E-state index contributed by atoms with van der Waals surface area (Å²) in [6.07, 6.45) is -10.9. The molecular weight excluding hydrogens is 549 g/mol. The smallest absolute Gasteiger partial charge is 0.423 e. The van der Waals surface area contributed by atoms with Crippen LogP contribution in [0.1, 0.15) is 22.5 Å². The maximum atomic E-state index is 13.6. The van der Waals surface area contributed by atoms with Crippen LogP contribution in [-0.2, 0) is 0 Å². The first-order chi connectivity index (χ1) is 18.9. The molecule has 2 aromatic carbocycles. The molecule has 0 atom stereocenters. The number of hydrogen-bond acceptors (Lipinski definition) is 6. The van der Waals surface area contributed by atoms with Crippen LogP contribution < -0.4 is 15.0 Å². The summed E-state index contributed by atoms with van der Waals surface area (Å²) in [5.74, 6) is -2.43. The molecule has 0 unspecified atom stereocenters. The summed E-state index contributed by atoms with van der Waals surface area (Å²) < 4.78 is 101. The molecule has 14 heteroatoms. The van der Waals surface area contributed by atoms with Crippen molar-refractivity contribution in [3.63, 3.8) is 0 Å². The zero-order chi connectivity index (χ0) is 29.1. The molecule has 0 spiro atoms. The molecule has 1 saturated heterocycles. The molecule has 1 aliphatic rings. The van der Waals surface area contributed by atoms with Gasteiger partial charge in [0.15, 0.2) is 5.75 Å². The molecule has 40 heavy (non-hydrogen) atoms. The highest BCUT2D eigenvalue weighted by Crippen LogP contribution is 2.41. The monoisotopic (exact) mass is 574 g/mol. The first-order valence-electron chi connectivity index (χ1n) is 12.3. The van der Waals surface area contributed by atoms with Gasteiger partial charge in [-0.05, 0) is 56.3 Å². The number of carbonyl (C=O) groups is 1. The van der Waals surface area contributed by atoms with Gasteiger partial charge >= 0.3 is 12.3 Å². The van der Waals surface area contributed by atoms with Gasteiger partial charge in [0, 0.05) is 44.4 Å². The van der Waals surface area contributed by atoms with Gasteiger partial charge in [-0.2, -0.15) is 22.0 Å². The minimum atomic E-state index is -5.96. The Bertz CT molecular complexity index is 1320. The van der Waals surface area contributed by atoms with Gasteiger partial charge in [0.1, 0.15) is 28.7 Å². The molecule has 1 N–H and O–H groups in total. The van der Waals surface area contributed by atoms with Crippen molar-refractivity contribution in [2.75, 3.05) is 44.2 Å². The van der Waals surface area contributed by atoms with Gasteiger partial charge in [-0.25, -0.2) is 8.78 Å². The van der Waals surface area contributed by atoms with Gasteiger partial charge in [-0.1, -0.05) is 5.16 Å². The first-order valence-corrected chi connectivity index (χ1v) is 12.3. The average molecular weight is 574 g/mol. The van der Waals surface area contributed by atoms with E-state index in [2.05, 4.69) is 15.2 Å². The van der Waals surface area contributed by atoms with Crippen LogP contribution in [0.25, 0.3) is 11.3 Å². The highest BCUT2D eigenvalue weighted by molar-refractivity contribution is 6.00. The van der Waals surface area contributed by atoms with Gasteiger partial charge in [-0.15, -0.1) is 0 Å². The third-order valence-electron chi connectivity index (χ3n) is 6.35. The van der Waals surface area contributed by atoms with Crippen molar-refractivity contribution >= 4 is 11.6 Å². The largest absolute Gasteiger partial charge is 0.499 e. The lowest BCUT2D eigenvalue weighted by molar-refractivity contribution is -0.360. The Morgan fingerprint density at radius 3 is 2.30 bits per heavy atom. The van der Waals surface area contributed by atoms with E-state index in [1.54, 1.807) is 11.8 Å². The quantitative estimate of drug-likeness (QED) is 0.273. The van der Waals surface area contributed by atoms with Gasteiger partial charge in [0.25, 0.3) is 5.91 Å². The fraction of sp³-hybridized carbons (Fsp3) is 0.385. The van der Waals surface area contributed by atoms with Crippen LogP contribution in [0.2, 0.25) is 0 Å². The molecule has 2 heterocycles. The molecule has 1 amide bonds. The molecule has 7 nitrogen and oxygen atoms in total. The third-order valence-corrected chi connectivity index (χ3v) is 6.35. The van der Waals surface area contributed by atoms with Crippen molar-refractivity contribution < 1.29 is 44.8 Å². The fourth-order valence-electron chi connectivity index (χ4n) is 4.28. The Kier molecular flexibility index (Phi) is 8.57. The molecule has 1 fully saturated rings. The van der Waals surface area contributed by atoms with E-state index in [0.717, 1.165) is 12.1 Å². The van der Waals surface area contributed by atoms with Crippen LogP contribution >= 0.6 is 0 Å². The SMILES string of the molecule is Cc1onc(-c2ccc(F)cc2)c1C(=O)NCCCN1CCN(c2ccc(F)cc2OC(F)(F)C(F)(F)F)CC1. The number of carbonyl (C=O) groups excluding carboxylic acids is 1. The predicted molar refractivity (Wildman–Crippen MR) is 130 cm³/mol. The number of piperazine rings is 1. The predicted octanol–water partition coefficient (Wildman–Crippen LogP) is 5.40. The number of alkyl halides is 5. The van der Waals surface area contributed by atoms with E-state index in [1.807, 2.05) is 4.90 Å². The number of nitrogens with zero attached hydrogens (tertiary/aromatic N) is 3. The molecule has 0 aliphatic carbocycles. The van der Waals surface area contributed by atoms with Crippen LogP contribution in [0.3, 0.4) is 0 Å². The highest BCUT2D eigenvalue weighted by Gasteiger charge is 2.61. The summed E-state index contributed by atoms with van der Waals surface area (Å²) in [5.41, 5.74) is 0.994. The van der Waals surface area contributed by atoms with E-state index >= 15 is 0 Å². The van der Waals surface area contributed by atoms with E-state index < -0.39 is 35.6 Å². The number of amides is 1. The van der Waals surface area contributed by atoms with Crippen molar-refractivity contribution in [3.05, 3.63) is 65.4 Å². The van der Waals surface area contributed by atoms with Crippen molar-refractivity contribution in [2.45, 2.75) is 25.6 Å². The summed E-state index contributed by atoms with van der Waals surface area (Å²) in [6, 6.07) is 8.06. The van der Waals surface area contributed by atoms with E-state index in [9.17, 15) is 35.5 Å². The number of ether oxygens (including phenoxy) is 1. The van der Waals surface area contributed by atoms with Gasteiger partial charge in [0.05, 0.1) is 5.69 Å². The van der Waals surface area contributed by atoms with Crippen LogP contribution in [0.15, 0.2) is 47.0 Å². The molecule has 1 aromatic heterocycles. The zero-order valence-electron chi connectivity index (χ0n) is 21.2. The second-order valence-corrected chi connectivity index (χ2v) is 9.14. The minimum absolute atomic E-state index is 0.0710. The molecular formula is C26H25F7N4O3. The van der Waals surface area contributed by atoms with Gasteiger partial charge < -0.3 is 19.5 Å². The van der Waals surface area contributed by atoms with Crippen LogP contribution in [0.5, 0.6) is 5.75 Å². The molecule has 3 aromatic rings. The van der Waals surface area contributed by atoms with Gasteiger partial charge in [0.2, 0.25) is 0 Å². The third kappa shape index (κ3) is 6.66. The van der Waals surface area contributed by atoms with E-state index in [1.165, 1.54) is 24.3 Å². The Balaban J connectivity index is 1.28. The van der Waals surface area contributed by atoms with Crippen LogP contribution in [0, 0.1) is 18.6 Å². The maximum Gasteiger partial charge on any atom is 0.499 e. The fourth-order valence-corrected chi connectivity index (χ4v) is 4.28. The number of aryl methyl sites for hydroxylation is 1. The number of rotatable bonds is 9. The zero-order valence-corrected chi connectivity index (χ0v) is 21.2. The van der Waals surface area contributed by atoms with Crippen LogP contribution in [0.4, 0.5) is 36.4 Å². The number of hydrogen-bond donors (Lipinski definition) is 1. The maximum absolute atomic E-state index is 13.6. The van der Waals surface area contributed by atoms with Crippen LogP contribution in [-0.4, -0.2) is 67.5 Å². The summed E-state index contributed by atoms with van der Waals surface area (Å²) in [5, 5.41) is 6.72. The molecule has 216 valence electrons. The summed E-state index contributed by atoms with van der Waals surface area (Å²) >= 11 is 0. The molecule has 0 radical (unpaired) electrons. The lowest BCUT2D eigenvalue weighted by Gasteiger charge is -2.37. The normalized spacial score (nSPS) is 14.8. The summed E-state index contributed by atoms with van der Waals surface area (Å²) in [7, 11) is 0. The molecule has 1 aliphatic heterocycles. The molecule has 0 saturated carbocycles. The highest BCUT2D eigenvalue weighted by atomic mass is 19.4. The van der Waals surface area contributed by atoms with Crippen molar-refractivity contribution in [3.8, 4) is 17.0 Å². The average Bonchev–Trinajstić information content (AvgIpc) is 3.28. The lowest BCUT2D eigenvalue weighted by Crippen LogP contribution is -2.47. The minimum Gasteiger partial charge on any atom is -0.423 e. The molecule has 4 rings (SSSR count). The number of halogens is 7. The Morgan fingerprint density at radius 1 is 1.00 bits per heavy atom. The Labute approximate surface area is 224 Å². The van der Waals surface area contributed by atoms with Gasteiger partial charge in [-0.3, -0.25) is 9.69 Å². The number of benzene rings is 2. The lowest BCUT2D eigenvalue weighted by atomic mass is 10.1. The standard InChI is InChI=1S/C26H25F7N4O3/c1-16-22(23(35-40-16)17-3-5-18(27)6-4-17)24(38)34-9-2-10-36-11-13-37(14-12-36)20-8-7-19(28)15-21(20)39-26(32,33)25(29,30)31/h3-8,15H,2,9-14H2,1H3,(H,34,38). The number of nitrogens with one attached hydrogen (secondary N) is 1. The Hall–Kier alpha value is -3.81. The van der Waals surface area contributed by atoms with E-state index in [0.29, 0.717) is 55.7 Å². The number of anilines is 1. The van der Waals surface area contributed by atoms with E-state index in [-0.39, 0.29) is 24.3 Å². The van der Waals surface area contributed by atoms with Crippen molar-refractivity contribution in [1.29, 1.82) is 0 Å². The van der Waals surface area contributed by atoms with Crippen molar-refractivity contribution in [2.24, 2.45) is 0 Å². The molecule has 0 bridgehead atoms. The second kappa shape index (κ2) is 11.7. The second-order valence-electron chi connectivity index (χ2n) is 9.14. The summed E-state index contributed by atoms with van der Waals surface area (Å²) in [6.45, 7) is 3.91. The summed E-state index contributed by atoms with van der Waals surface area (Å²) in [4.78, 5) is 16.4. The first kappa shape index (κ1) is 29.2. The number of aromatic nitrogens is 1. The Morgan fingerprint density at radius 2 is 1.65 bits per heavy atom. The topological polar surface area (TPSA) is 70.8 Å². The van der Waals surface area contributed by atoms with Crippen molar-refractivity contribution in [1.82, 2.24) is 15.4 Å². The van der Waals surface area contributed by atoms with E-state index in [4.69, 9.17) is 4.52 Å².